The van der Waals surface area contributed by atoms with Gasteiger partial charge in [-0.25, -0.2) is 0 Å². The minimum absolute atomic E-state index is 0.104. The molecule has 2 nitrogen and oxygen atoms in total. The number of benzene rings is 2. The smallest absolute Gasteiger partial charge is 0.0881 e. The van der Waals surface area contributed by atoms with Crippen LogP contribution in [0.4, 0.5) is 0 Å². The summed E-state index contributed by atoms with van der Waals surface area (Å²) in [6, 6.07) is 13.4. The second-order valence-electron chi connectivity index (χ2n) is 5.02. The normalized spacial score (nSPS) is 13.9. The highest BCUT2D eigenvalue weighted by Gasteiger charge is 2.24. The van der Waals surface area contributed by atoms with Crippen LogP contribution in [0, 0.1) is 0 Å². The van der Waals surface area contributed by atoms with Crippen molar-refractivity contribution in [1.82, 2.24) is 5.32 Å². The molecule has 0 aliphatic heterocycles. The van der Waals surface area contributed by atoms with E-state index in [1.165, 1.54) is 0 Å². The van der Waals surface area contributed by atoms with Gasteiger partial charge in [0.1, 0.15) is 0 Å². The van der Waals surface area contributed by atoms with Gasteiger partial charge in [-0.05, 0) is 42.6 Å². The molecule has 0 amide bonds. The number of thioether (sulfide) groups is 1. The molecule has 2 aromatic carbocycles. The number of aliphatic hydroxyl groups excluding tert-OH is 1. The van der Waals surface area contributed by atoms with Crippen molar-refractivity contribution in [3.8, 4) is 0 Å². The van der Waals surface area contributed by atoms with Crippen LogP contribution in [0.2, 0.25) is 10.0 Å². The van der Waals surface area contributed by atoms with Gasteiger partial charge >= 0.3 is 0 Å². The van der Waals surface area contributed by atoms with E-state index in [1.807, 2.05) is 49.7 Å². The van der Waals surface area contributed by atoms with Gasteiger partial charge in [0.15, 0.2) is 0 Å². The van der Waals surface area contributed by atoms with Crippen molar-refractivity contribution in [1.29, 1.82) is 0 Å². The molecule has 0 heterocycles. The number of aliphatic hydroxyl groups is 1. The third-order valence-corrected chi connectivity index (χ3v) is 5.19. The summed E-state index contributed by atoms with van der Waals surface area (Å²) in [5, 5.41) is 15.1. The van der Waals surface area contributed by atoms with Crippen molar-refractivity contribution in [2.75, 3.05) is 19.8 Å². The Morgan fingerprint density at radius 3 is 2.50 bits per heavy atom. The number of halogens is 2. The van der Waals surface area contributed by atoms with E-state index < -0.39 is 6.10 Å². The van der Waals surface area contributed by atoms with Crippen LogP contribution >= 0.6 is 35.0 Å². The topological polar surface area (TPSA) is 32.3 Å². The first-order valence-corrected chi connectivity index (χ1v) is 8.97. The first-order valence-electron chi connectivity index (χ1n) is 6.99. The average molecular weight is 356 g/mol. The maximum atomic E-state index is 10.9. The van der Waals surface area contributed by atoms with E-state index in [1.54, 1.807) is 17.8 Å². The van der Waals surface area contributed by atoms with Crippen molar-refractivity contribution >= 4 is 35.0 Å². The van der Waals surface area contributed by atoms with Crippen molar-refractivity contribution < 1.29 is 5.11 Å². The molecule has 2 aromatic rings. The van der Waals surface area contributed by atoms with E-state index in [9.17, 15) is 5.11 Å². The molecule has 0 bridgehead atoms. The SMILES string of the molecule is CNCC(c1ccc(Cl)c(Cl)c1)C(O)c1ccccc1SC. The van der Waals surface area contributed by atoms with Crippen LogP contribution in [0.15, 0.2) is 47.4 Å². The molecule has 118 valence electrons. The van der Waals surface area contributed by atoms with Crippen LogP contribution in [0.3, 0.4) is 0 Å². The van der Waals surface area contributed by atoms with Gasteiger partial charge in [-0.3, -0.25) is 0 Å². The van der Waals surface area contributed by atoms with E-state index in [0.717, 1.165) is 16.0 Å². The predicted octanol–water partition coefficient (Wildman–Crippen LogP) is 4.75. The summed E-state index contributed by atoms with van der Waals surface area (Å²) >= 11 is 13.8. The number of hydrogen-bond acceptors (Lipinski definition) is 3. The standard InChI is InChI=1S/C17H19Cl2NOS/c1-20-10-13(11-7-8-14(18)15(19)9-11)17(21)12-5-3-4-6-16(12)22-2/h3-9,13,17,20-21H,10H2,1-2H3. The van der Waals surface area contributed by atoms with Gasteiger partial charge in [-0.2, -0.15) is 0 Å². The van der Waals surface area contributed by atoms with E-state index in [2.05, 4.69) is 5.32 Å². The Labute approximate surface area is 145 Å². The van der Waals surface area contributed by atoms with Crippen molar-refractivity contribution in [3.63, 3.8) is 0 Å². The maximum absolute atomic E-state index is 10.9. The molecule has 0 aliphatic rings. The summed E-state index contributed by atoms with van der Waals surface area (Å²) in [4.78, 5) is 1.08. The Hall–Kier alpha value is -0.710. The highest BCUT2D eigenvalue weighted by atomic mass is 35.5. The Morgan fingerprint density at radius 2 is 1.86 bits per heavy atom. The monoisotopic (exact) mass is 355 g/mol. The molecule has 0 fully saturated rings. The molecule has 0 aliphatic carbocycles. The van der Waals surface area contributed by atoms with Gasteiger partial charge < -0.3 is 10.4 Å². The fraction of sp³-hybridized carbons (Fsp3) is 0.294. The van der Waals surface area contributed by atoms with Gasteiger partial charge in [0.25, 0.3) is 0 Å². The van der Waals surface area contributed by atoms with E-state index >= 15 is 0 Å². The molecule has 2 N–H and O–H groups in total. The zero-order valence-corrected chi connectivity index (χ0v) is 14.8. The van der Waals surface area contributed by atoms with E-state index in [0.29, 0.717) is 16.6 Å². The minimum Gasteiger partial charge on any atom is -0.388 e. The summed E-state index contributed by atoms with van der Waals surface area (Å²) in [6.07, 6.45) is 1.39. The zero-order valence-electron chi connectivity index (χ0n) is 12.5. The van der Waals surface area contributed by atoms with Crippen molar-refractivity contribution in [2.24, 2.45) is 0 Å². The lowest BCUT2D eigenvalue weighted by Crippen LogP contribution is -2.23. The summed E-state index contributed by atoms with van der Waals surface area (Å²) in [6.45, 7) is 0.641. The molecule has 5 heteroatoms. The fourth-order valence-corrected chi connectivity index (χ4v) is 3.45. The molecule has 0 spiro atoms. The lowest BCUT2D eigenvalue weighted by atomic mass is 9.89. The second kappa shape index (κ2) is 8.23. The third kappa shape index (κ3) is 3.98. The molecule has 0 saturated heterocycles. The van der Waals surface area contributed by atoms with Crippen LogP contribution in [0.25, 0.3) is 0 Å². The Balaban J connectivity index is 2.40. The van der Waals surface area contributed by atoms with E-state index in [4.69, 9.17) is 23.2 Å². The first kappa shape index (κ1) is 17.6. The van der Waals surface area contributed by atoms with Gasteiger partial charge in [-0.15, -0.1) is 11.8 Å². The summed E-state index contributed by atoms with van der Waals surface area (Å²) in [5.74, 6) is -0.104. The molecular formula is C17H19Cl2NOS. The lowest BCUT2D eigenvalue weighted by Gasteiger charge is -2.25. The van der Waals surface area contributed by atoms with Crippen molar-refractivity contribution in [2.45, 2.75) is 16.9 Å². The Bertz CT molecular complexity index is 636. The summed E-state index contributed by atoms with van der Waals surface area (Å²) in [5.41, 5.74) is 1.90. The van der Waals surface area contributed by atoms with Gasteiger partial charge in [0.05, 0.1) is 16.1 Å². The number of likely N-dealkylation sites (N-methyl/N-ethyl adjacent to an activating group) is 1. The second-order valence-corrected chi connectivity index (χ2v) is 6.69. The highest BCUT2D eigenvalue weighted by molar-refractivity contribution is 7.98. The summed E-state index contributed by atoms with van der Waals surface area (Å²) < 4.78 is 0. The molecule has 2 unspecified atom stereocenters. The molecule has 0 saturated carbocycles. The molecule has 0 radical (unpaired) electrons. The molecule has 0 aromatic heterocycles. The van der Waals surface area contributed by atoms with E-state index in [-0.39, 0.29) is 5.92 Å². The number of nitrogens with one attached hydrogen (secondary N) is 1. The van der Waals surface area contributed by atoms with Crippen LogP contribution in [-0.4, -0.2) is 25.0 Å². The van der Waals surface area contributed by atoms with Crippen LogP contribution < -0.4 is 5.32 Å². The Morgan fingerprint density at radius 1 is 1.14 bits per heavy atom. The zero-order chi connectivity index (χ0) is 16.1. The van der Waals surface area contributed by atoms with Crippen molar-refractivity contribution in [3.05, 3.63) is 63.6 Å². The first-order chi connectivity index (χ1) is 10.6. The minimum atomic E-state index is -0.617. The summed E-state index contributed by atoms with van der Waals surface area (Å²) in [7, 11) is 1.87. The number of rotatable bonds is 6. The largest absolute Gasteiger partial charge is 0.388 e. The van der Waals surface area contributed by atoms with Crippen LogP contribution in [0.1, 0.15) is 23.1 Å². The quantitative estimate of drug-likeness (QED) is 0.733. The molecule has 2 atom stereocenters. The van der Waals surface area contributed by atoms with Gasteiger partial charge in [0.2, 0.25) is 0 Å². The Kier molecular flexibility index (Phi) is 6.60. The van der Waals surface area contributed by atoms with Gasteiger partial charge in [-0.1, -0.05) is 47.5 Å². The average Bonchev–Trinajstić information content (AvgIpc) is 2.54. The highest BCUT2D eigenvalue weighted by Crippen LogP contribution is 2.37. The lowest BCUT2D eigenvalue weighted by molar-refractivity contribution is 0.141. The van der Waals surface area contributed by atoms with Crippen LogP contribution in [-0.2, 0) is 0 Å². The van der Waals surface area contributed by atoms with Gasteiger partial charge in [0, 0.05) is 17.4 Å². The molecule has 2 rings (SSSR count). The van der Waals surface area contributed by atoms with Crippen LogP contribution in [0.5, 0.6) is 0 Å². The molecule has 22 heavy (non-hydrogen) atoms. The fourth-order valence-electron chi connectivity index (χ4n) is 2.50. The number of hydrogen-bond donors (Lipinski definition) is 2. The molecular weight excluding hydrogens is 337 g/mol. The predicted molar refractivity (Wildman–Crippen MR) is 96.3 cm³/mol. The maximum Gasteiger partial charge on any atom is 0.0881 e. The third-order valence-electron chi connectivity index (χ3n) is 3.63.